The average Bonchev–Trinajstić information content (AvgIpc) is 3.67. The molecule has 0 radical (unpaired) electrons. The van der Waals surface area contributed by atoms with Gasteiger partial charge in [0.2, 0.25) is 11.8 Å². The molecule has 9 nitrogen and oxygen atoms in total. The van der Waals surface area contributed by atoms with Crippen LogP contribution in [0.3, 0.4) is 0 Å². The molecule has 0 bridgehead atoms. The monoisotopic (exact) mass is 672 g/mol. The highest BCUT2D eigenvalue weighted by Gasteiger charge is 2.17. The Morgan fingerprint density at radius 3 is 2.33 bits per heavy atom. The molecule has 0 unspecified atom stereocenters. The third-order valence-corrected chi connectivity index (χ3v) is 9.71. The van der Waals surface area contributed by atoms with Crippen LogP contribution >= 0.6 is 46.5 Å². The number of fused-ring (bicyclic) bond motifs is 1. The zero-order valence-electron chi connectivity index (χ0n) is 23.6. The Bertz CT molecular complexity index is 1940. The molecule has 2 heterocycles. The van der Waals surface area contributed by atoms with Gasteiger partial charge < -0.3 is 15.4 Å². The number of ether oxygens (including phenoxy) is 1. The van der Waals surface area contributed by atoms with Gasteiger partial charge in [-0.05, 0) is 54.6 Å². The summed E-state index contributed by atoms with van der Waals surface area (Å²) in [6, 6.07) is 31.9. The van der Waals surface area contributed by atoms with Crippen LogP contribution in [0.4, 0.5) is 11.4 Å². The summed E-state index contributed by atoms with van der Waals surface area (Å²) in [5.41, 5.74) is 2.90. The number of thiazole rings is 1. The molecule has 0 fully saturated rings. The van der Waals surface area contributed by atoms with Crippen molar-refractivity contribution < 1.29 is 14.3 Å². The van der Waals surface area contributed by atoms with Gasteiger partial charge in [0.25, 0.3) is 0 Å². The van der Waals surface area contributed by atoms with Gasteiger partial charge in [0.1, 0.15) is 12.4 Å². The molecule has 0 aliphatic carbocycles. The lowest BCUT2D eigenvalue weighted by molar-refractivity contribution is -0.114. The van der Waals surface area contributed by atoms with Crippen LogP contribution in [-0.2, 0) is 16.2 Å². The number of para-hydroxylation sites is 3. The highest BCUT2D eigenvalue weighted by atomic mass is 35.5. The SMILES string of the molecule is O=C(CSc1nnc(COc2ccccc2)n1-c1ccccc1)Nc1ccc2nc(SCC(=O)Nc3ccccc3Cl)sc2c1. The van der Waals surface area contributed by atoms with E-state index in [4.69, 9.17) is 16.3 Å². The molecule has 6 aromatic rings. The second-order valence-electron chi connectivity index (χ2n) is 9.49. The smallest absolute Gasteiger partial charge is 0.234 e. The third kappa shape index (κ3) is 8.03. The lowest BCUT2D eigenvalue weighted by atomic mass is 10.3. The molecule has 2 N–H and O–H groups in total. The number of carbonyl (C=O) groups excluding carboxylic acids is 2. The Labute approximate surface area is 276 Å². The quantitative estimate of drug-likeness (QED) is 0.128. The first-order valence-electron chi connectivity index (χ1n) is 13.7. The molecule has 0 aliphatic heterocycles. The number of nitrogens with zero attached hydrogens (tertiary/aromatic N) is 4. The molecule has 4 aromatic carbocycles. The minimum absolute atomic E-state index is 0.132. The molecule has 2 amide bonds. The van der Waals surface area contributed by atoms with Crippen molar-refractivity contribution in [1.82, 2.24) is 19.7 Å². The minimum Gasteiger partial charge on any atom is -0.486 e. The van der Waals surface area contributed by atoms with Crippen LogP contribution in [0.1, 0.15) is 5.82 Å². The average molecular weight is 673 g/mol. The zero-order chi connectivity index (χ0) is 31.0. The van der Waals surface area contributed by atoms with Crippen LogP contribution in [0.5, 0.6) is 5.75 Å². The van der Waals surface area contributed by atoms with Gasteiger partial charge in [-0.15, -0.1) is 21.5 Å². The Balaban J connectivity index is 1.06. The molecule has 0 saturated heterocycles. The first kappa shape index (κ1) is 30.7. The van der Waals surface area contributed by atoms with Gasteiger partial charge in [0.05, 0.1) is 32.4 Å². The van der Waals surface area contributed by atoms with Gasteiger partial charge in [-0.3, -0.25) is 14.2 Å². The van der Waals surface area contributed by atoms with E-state index in [-0.39, 0.29) is 29.9 Å². The van der Waals surface area contributed by atoms with Gasteiger partial charge in [-0.25, -0.2) is 4.98 Å². The highest BCUT2D eigenvalue weighted by Crippen LogP contribution is 2.32. The van der Waals surface area contributed by atoms with Crippen molar-refractivity contribution in [1.29, 1.82) is 0 Å². The largest absolute Gasteiger partial charge is 0.486 e. The normalized spacial score (nSPS) is 11.0. The highest BCUT2D eigenvalue weighted by molar-refractivity contribution is 8.01. The van der Waals surface area contributed by atoms with Gasteiger partial charge >= 0.3 is 0 Å². The fourth-order valence-electron chi connectivity index (χ4n) is 4.23. The van der Waals surface area contributed by atoms with Crippen LogP contribution in [0.15, 0.2) is 113 Å². The summed E-state index contributed by atoms with van der Waals surface area (Å²) < 4.78 is 9.48. The van der Waals surface area contributed by atoms with Gasteiger partial charge in [0.15, 0.2) is 15.3 Å². The second kappa shape index (κ2) is 14.6. The van der Waals surface area contributed by atoms with Crippen LogP contribution in [0.2, 0.25) is 5.02 Å². The Morgan fingerprint density at radius 1 is 0.822 bits per heavy atom. The van der Waals surface area contributed by atoms with Crippen molar-refractivity contribution >= 4 is 79.9 Å². The van der Waals surface area contributed by atoms with Gasteiger partial charge in [-0.1, -0.05) is 83.7 Å². The fraction of sp³-hybridized carbons (Fsp3) is 0.0938. The summed E-state index contributed by atoms with van der Waals surface area (Å²) in [4.78, 5) is 30.0. The standard InChI is InChI=1S/C32H25ClN6O3S3/c33-24-13-7-8-14-25(24)35-30(41)20-44-32-36-26-16-15-21(17-27(26)45-32)34-29(40)19-43-31-38-37-28(18-42-23-11-5-2-6-12-23)39(31)22-9-3-1-4-10-22/h1-17H,18-20H2,(H,34,40)(H,35,41). The molecule has 0 saturated carbocycles. The van der Waals surface area contributed by atoms with Crippen molar-refractivity contribution in [2.24, 2.45) is 0 Å². The zero-order valence-corrected chi connectivity index (χ0v) is 26.8. The molecular formula is C32H25ClN6O3S3. The van der Waals surface area contributed by atoms with Crippen molar-refractivity contribution in [3.8, 4) is 11.4 Å². The Kier molecular flexibility index (Phi) is 9.96. The fourth-order valence-corrected chi connectivity index (χ4v) is 7.10. The molecule has 45 heavy (non-hydrogen) atoms. The number of hydrogen-bond acceptors (Lipinski definition) is 9. The summed E-state index contributed by atoms with van der Waals surface area (Å²) in [5, 5.41) is 15.6. The molecule has 6 rings (SSSR count). The predicted molar refractivity (Wildman–Crippen MR) is 182 cm³/mol. The topological polar surface area (TPSA) is 111 Å². The van der Waals surface area contributed by atoms with Crippen LogP contribution in [0.25, 0.3) is 15.9 Å². The van der Waals surface area contributed by atoms with E-state index in [2.05, 4.69) is 25.8 Å². The van der Waals surface area contributed by atoms with E-state index in [1.165, 1.54) is 34.9 Å². The number of benzene rings is 4. The van der Waals surface area contributed by atoms with Crippen LogP contribution in [0, 0.1) is 0 Å². The number of rotatable bonds is 12. The maximum atomic E-state index is 13.0. The molecular weight excluding hydrogens is 648 g/mol. The van der Waals surface area contributed by atoms with E-state index in [0.29, 0.717) is 27.4 Å². The van der Waals surface area contributed by atoms with Crippen LogP contribution in [-0.4, -0.2) is 43.1 Å². The van der Waals surface area contributed by atoms with Crippen LogP contribution < -0.4 is 15.4 Å². The van der Waals surface area contributed by atoms with Gasteiger partial charge in [-0.2, -0.15) is 0 Å². The van der Waals surface area contributed by atoms with E-state index < -0.39 is 0 Å². The minimum atomic E-state index is -0.181. The third-order valence-electron chi connectivity index (χ3n) is 6.29. The molecule has 0 spiro atoms. The summed E-state index contributed by atoms with van der Waals surface area (Å²) in [6.07, 6.45) is 0. The molecule has 2 aromatic heterocycles. The van der Waals surface area contributed by atoms with E-state index in [1.54, 1.807) is 12.1 Å². The first-order chi connectivity index (χ1) is 22.0. The summed E-state index contributed by atoms with van der Waals surface area (Å²) >= 11 is 10.2. The summed E-state index contributed by atoms with van der Waals surface area (Å²) in [6.45, 7) is 0.222. The van der Waals surface area contributed by atoms with E-state index >= 15 is 0 Å². The Hall–Kier alpha value is -4.36. The number of hydrogen-bond donors (Lipinski definition) is 2. The first-order valence-corrected chi connectivity index (χ1v) is 16.9. The maximum absolute atomic E-state index is 13.0. The predicted octanol–water partition coefficient (Wildman–Crippen LogP) is 7.57. The van der Waals surface area contributed by atoms with Crippen molar-refractivity contribution in [3.05, 3.63) is 114 Å². The van der Waals surface area contributed by atoms with Gasteiger partial charge in [0, 0.05) is 11.4 Å². The molecule has 13 heteroatoms. The second-order valence-corrected chi connectivity index (χ2v) is 13.1. The lowest BCUT2D eigenvalue weighted by Crippen LogP contribution is -2.14. The number of amides is 2. The number of thioether (sulfide) groups is 2. The molecule has 226 valence electrons. The molecule has 0 aliphatic rings. The summed E-state index contributed by atoms with van der Waals surface area (Å²) in [7, 11) is 0. The molecule has 0 atom stereocenters. The van der Waals surface area contributed by atoms with Crippen molar-refractivity contribution in [2.45, 2.75) is 16.1 Å². The lowest BCUT2D eigenvalue weighted by Gasteiger charge is -2.11. The number of nitrogens with one attached hydrogen (secondary N) is 2. The number of halogens is 1. The Morgan fingerprint density at radius 2 is 1.53 bits per heavy atom. The number of carbonyl (C=O) groups is 2. The van der Waals surface area contributed by atoms with E-state index in [0.717, 1.165) is 26.0 Å². The van der Waals surface area contributed by atoms with Crippen molar-refractivity contribution in [2.75, 3.05) is 22.1 Å². The maximum Gasteiger partial charge on any atom is 0.234 e. The summed E-state index contributed by atoms with van der Waals surface area (Å²) in [5.74, 6) is 1.33. The number of anilines is 2. The van der Waals surface area contributed by atoms with E-state index in [1.807, 2.05) is 95.6 Å². The van der Waals surface area contributed by atoms with E-state index in [9.17, 15) is 9.59 Å². The number of aromatic nitrogens is 4. The van der Waals surface area contributed by atoms with Crippen molar-refractivity contribution in [3.63, 3.8) is 0 Å².